The highest BCUT2D eigenvalue weighted by Gasteiger charge is 2.43. The molecule has 2 fully saturated rings. The predicted octanol–water partition coefficient (Wildman–Crippen LogP) is 1.98. The molecule has 6 amide bonds. The second-order valence-electron chi connectivity index (χ2n) is 16.7. The van der Waals surface area contributed by atoms with Gasteiger partial charge in [-0.05, 0) is 36.2 Å². The number of piperazine rings is 1. The summed E-state index contributed by atoms with van der Waals surface area (Å²) in [7, 11) is 4.78. The Kier molecular flexibility index (Phi) is 19.7. The molecule has 2 heterocycles. The van der Waals surface area contributed by atoms with Crippen LogP contribution in [0.2, 0.25) is 0 Å². The third-order valence-corrected chi connectivity index (χ3v) is 12.1. The molecule has 0 radical (unpaired) electrons. The van der Waals surface area contributed by atoms with Gasteiger partial charge < -0.3 is 35.2 Å². The number of carbonyl (C=O) groups is 6. The zero-order valence-corrected chi connectivity index (χ0v) is 36.5. The van der Waals surface area contributed by atoms with E-state index in [-0.39, 0.29) is 54.4 Å². The first-order valence-electron chi connectivity index (χ1n) is 21.1. The Balaban J connectivity index is 1.78. The van der Waals surface area contributed by atoms with Crippen molar-refractivity contribution in [1.29, 1.82) is 0 Å². The monoisotopic (exact) mass is 814 g/mol. The molecule has 0 saturated carbocycles. The number of imide groups is 1. The second kappa shape index (κ2) is 23.6. The molecule has 326 valence electrons. The van der Waals surface area contributed by atoms with Gasteiger partial charge in [-0.3, -0.25) is 39.0 Å². The van der Waals surface area contributed by atoms with Gasteiger partial charge >= 0.3 is 0 Å². The molecule has 9 atom stereocenters. The van der Waals surface area contributed by atoms with Gasteiger partial charge in [-0.25, -0.2) is 0 Å². The zero-order valence-electron chi connectivity index (χ0n) is 36.5. The molecule has 1 aromatic carbocycles. The number of nitrogens with one attached hydrogen (secondary N) is 4. The molecule has 2 aliphatic rings. The van der Waals surface area contributed by atoms with Crippen LogP contribution >= 0.6 is 0 Å². The van der Waals surface area contributed by atoms with Gasteiger partial charge in [0.25, 0.3) is 0 Å². The standard InChI is InChI=1S/C43H71N7O8/c1-11-29(6)38(48(8)43(56)36(27(2)3)47-42(55)37(28(4)5)49-22-19-44-20-23-49)34(57-9)25-35(52)50-21-15-18-33(50)39(58-10)30(7)40(53)46-32(41(54)45-26-51)24-31-16-13-12-14-17-31/h12-14,16-17,26-30,32-34,36-39,44H,11,15,18-25H2,1-10H3,(H,46,53)(H,47,55)(H,45,51,54)/t29-,30+,32-,33-,34?,36-,37-,38-,39+/m0/s1. The molecule has 2 aliphatic heterocycles. The van der Waals surface area contributed by atoms with Crippen LogP contribution in [0.25, 0.3) is 0 Å². The fraction of sp³-hybridized carbons (Fsp3) is 0.721. The van der Waals surface area contributed by atoms with E-state index in [0.717, 1.165) is 31.7 Å². The van der Waals surface area contributed by atoms with Crippen molar-refractivity contribution in [3.63, 3.8) is 0 Å². The number of benzene rings is 1. The minimum absolute atomic E-state index is 0.0151. The maximum absolute atomic E-state index is 14.4. The van der Waals surface area contributed by atoms with Crippen molar-refractivity contribution in [2.45, 2.75) is 123 Å². The molecule has 1 unspecified atom stereocenters. The molecule has 15 nitrogen and oxygen atoms in total. The van der Waals surface area contributed by atoms with Gasteiger partial charge in [0.15, 0.2) is 0 Å². The molecule has 2 saturated heterocycles. The topological polar surface area (TPSA) is 179 Å². The Labute approximate surface area is 346 Å². The number of likely N-dealkylation sites (tertiary alicyclic amines) is 1. The average Bonchev–Trinajstić information content (AvgIpc) is 3.69. The fourth-order valence-electron chi connectivity index (χ4n) is 8.65. The number of hydrogen-bond acceptors (Lipinski definition) is 10. The Bertz CT molecular complexity index is 1490. The minimum Gasteiger partial charge on any atom is -0.379 e. The smallest absolute Gasteiger partial charge is 0.249 e. The number of carbonyl (C=O) groups excluding carboxylic acids is 6. The minimum atomic E-state index is -1.01. The van der Waals surface area contributed by atoms with Gasteiger partial charge in [-0.1, -0.05) is 85.2 Å². The third-order valence-electron chi connectivity index (χ3n) is 12.1. The maximum Gasteiger partial charge on any atom is 0.249 e. The summed E-state index contributed by atoms with van der Waals surface area (Å²) in [5, 5.41) is 11.4. The van der Waals surface area contributed by atoms with Crippen LogP contribution in [-0.4, -0.2) is 147 Å². The van der Waals surface area contributed by atoms with Crippen LogP contribution in [0.15, 0.2) is 30.3 Å². The lowest BCUT2D eigenvalue weighted by Gasteiger charge is -2.41. The van der Waals surface area contributed by atoms with Gasteiger partial charge in [0, 0.05) is 60.4 Å². The zero-order chi connectivity index (χ0) is 43.1. The Morgan fingerprint density at radius 2 is 1.55 bits per heavy atom. The van der Waals surface area contributed by atoms with Crippen molar-refractivity contribution >= 4 is 35.9 Å². The lowest BCUT2D eigenvalue weighted by molar-refractivity contribution is -0.148. The first kappa shape index (κ1) is 48.4. The van der Waals surface area contributed by atoms with E-state index in [4.69, 9.17) is 9.47 Å². The fourth-order valence-corrected chi connectivity index (χ4v) is 8.65. The molecule has 4 N–H and O–H groups in total. The number of methoxy groups -OCH3 is 2. The maximum atomic E-state index is 14.4. The first-order chi connectivity index (χ1) is 27.6. The van der Waals surface area contributed by atoms with Crippen LogP contribution in [0.1, 0.15) is 79.7 Å². The van der Waals surface area contributed by atoms with Crippen molar-refractivity contribution < 1.29 is 38.2 Å². The number of hydrogen-bond donors (Lipinski definition) is 4. The van der Waals surface area contributed by atoms with Crippen molar-refractivity contribution in [2.75, 3.05) is 54.0 Å². The molecular formula is C43H71N7O8. The van der Waals surface area contributed by atoms with Crippen molar-refractivity contribution in [1.82, 2.24) is 36.0 Å². The summed E-state index contributed by atoms with van der Waals surface area (Å²) in [5.74, 6) is -2.62. The van der Waals surface area contributed by atoms with Crippen LogP contribution < -0.4 is 21.3 Å². The van der Waals surface area contributed by atoms with Crippen molar-refractivity contribution in [3.05, 3.63) is 35.9 Å². The van der Waals surface area contributed by atoms with Crippen LogP contribution in [0, 0.1) is 23.7 Å². The van der Waals surface area contributed by atoms with Gasteiger partial charge in [0.05, 0.1) is 42.7 Å². The summed E-state index contributed by atoms with van der Waals surface area (Å²) >= 11 is 0. The Morgan fingerprint density at radius 1 is 0.897 bits per heavy atom. The van der Waals surface area contributed by atoms with E-state index in [1.165, 1.54) is 7.11 Å². The highest BCUT2D eigenvalue weighted by Crippen LogP contribution is 2.30. The lowest BCUT2D eigenvalue weighted by Crippen LogP contribution is -2.61. The number of ether oxygens (including phenoxy) is 2. The Morgan fingerprint density at radius 3 is 2.10 bits per heavy atom. The summed E-state index contributed by atoms with van der Waals surface area (Å²) in [6.07, 6.45) is 1.12. The molecule has 0 bridgehead atoms. The normalized spacial score (nSPS) is 20.3. The van der Waals surface area contributed by atoms with Gasteiger partial charge in [0.1, 0.15) is 12.1 Å². The summed E-state index contributed by atoms with van der Waals surface area (Å²) < 4.78 is 12.0. The molecule has 15 heteroatoms. The summed E-state index contributed by atoms with van der Waals surface area (Å²) in [6.45, 7) is 17.2. The molecule has 0 aromatic heterocycles. The molecule has 3 rings (SSSR count). The third kappa shape index (κ3) is 12.8. The van der Waals surface area contributed by atoms with E-state index in [1.54, 1.807) is 30.9 Å². The number of likely N-dealkylation sites (N-methyl/N-ethyl adjacent to an activating group) is 1. The van der Waals surface area contributed by atoms with Crippen LogP contribution in [0.3, 0.4) is 0 Å². The Hall–Kier alpha value is -3.92. The first-order valence-corrected chi connectivity index (χ1v) is 21.1. The molecule has 1 aromatic rings. The van der Waals surface area contributed by atoms with Crippen molar-refractivity contribution in [3.8, 4) is 0 Å². The largest absolute Gasteiger partial charge is 0.379 e. The molecule has 0 spiro atoms. The molecule has 0 aliphatic carbocycles. The highest BCUT2D eigenvalue weighted by molar-refractivity contribution is 5.94. The number of nitrogens with zero attached hydrogens (tertiary/aromatic N) is 3. The van der Waals surface area contributed by atoms with E-state index in [0.29, 0.717) is 32.2 Å². The summed E-state index contributed by atoms with van der Waals surface area (Å²) in [4.78, 5) is 85.8. The van der Waals surface area contributed by atoms with Gasteiger partial charge in [-0.15, -0.1) is 0 Å². The van der Waals surface area contributed by atoms with E-state index >= 15 is 0 Å². The quantitative estimate of drug-likeness (QED) is 0.127. The SMILES string of the molecule is CC[C@H](C)[C@@H](C(CC(=O)N1CCC[C@H]1[C@H](OC)[C@@H](C)C(=O)N[C@@H](Cc1ccccc1)C(=O)NC=O)OC)N(C)C(=O)[C@@H](NC(=O)[C@H](C(C)C)N1CCNCC1)C(C)C. The van der Waals surface area contributed by atoms with Crippen molar-refractivity contribution in [2.24, 2.45) is 23.7 Å². The number of rotatable bonds is 22. The van der Waals surface area contributed by atoms with E-state index in [2.05, 4.69) is 26.2 Å². The van der Waals surface area contributed by atoms with Gasteiger partial charge in [0.2, 0.25) is 35.9 Å². The average molecular weight is 814 g/mol. The van der Waals surface area contributed by atoms with E-state index in [1.807, 2.05) is 71.9 Å². The number of amides is 6. The highest BCUT2D eigenvalue weighted by atomic mass is 16.5. The van der Waals surface area contributed by atoms with Gasteiger partial charge in [-0.2, -0.15) is 0 Å². The molecular weight excluding hydrogens is 743 g/mol. The van der Waals surface area contributed by atoms with Crippen LogP contribution in [0.4, 0.5) is 0 Å². The second-order valence-corrected chi connectivity index (χ2v) is 16.7. The lowest BCUT2D eigenvalue weighted by atomic mass is 9.89. The van der Waals surface area contributed by atoms with E-state index < -0.39 is 54.1 Å². The van der Waals surface area contributed by atoms with Crippen LogP contribution in [0.5, 0.6) is 0 Å². The summed E-state index contributed by atoms with van der Waals surface area (Å²) in [6, 6.07) is 6.11. The predicted molar refractivity (Wildman–Crippen MR) is 222 cm³/mol. The van der Waals surface area contributed by atoms with E-state index in [9.17, 15) is 28.8 Å². The summed E-state index contributed by atoms with van der Waals surface area (Å²) in [5.41, 5.74) is 0.808. The van der Waals surface area contributed by atoms with Crippen LogP contribution in [-0.2, 0) is 44.7 Å². The molecule has 58 heavy (non-hydrogen) atoms.